The molecule has 0 radical (unpaired) electrons. The van der Waals surface area contributed by atoms with Crippen LogP contribution in [0.2, 0.25) is 0 Å². The summed E-state index contributed by atoms with van der Waals surface area (Å²) >= 11 is 1.70. The maximum Gasteiger partial charge on any atom is 0.233 e. The van der Waals surface area contributed by atoms with Gasteiger partial charge in [-0.1, -0.05) is 36.4 Å². The fourth-order valence-electron chi connectivity index (χ4n) is 3.88. The van der Waals surface area contributed by atoms with E-state index in [-0.39, 0.29) is 11.2 Å². The van der Waals surface area contributed by atoms with E-state index >= 15 is 0 Å². The van der Waals surface area contributed by atoms with E-state index in [0.717, 1.165) is 39.1 Å². The average molecular weight is 382 g/mol. The van der Waals surface area contributed by atoms with E-state index < -0.39 is 0 Å². The number of carbonyl (C=O) groups excluding carboxylic acids is 1. The molecule has 2 heterocycles. The molecule has 4 rings (SSSR count). The lowest BCUT2D eigenvalue weighted by Gasteiger charge is -2.39. The topological polar surface area (TPSA) is 35.6 Å². The van der Waals surface area contributed by atoms with Crippen LogP contribution in [0.3, 0.4) is 0 Å². The van der Waals surface area contributed by atoms with Crippen LogP contribution in [0.25, 0.3) is 0 Å². The molecule has 2 aromatic carbocycles. The summed E-state index contributed by atoms with van der Waals surface area (Å²) in [6, 6.07) is 19.3. The molecule has 142 valence electrons. The zero-order chi connectivity index (χ0) is 18.6. The number of para-hydroxylation sites is 1. The normalized spacial score (nSPS) is 20.9. The monoisotopic (exact) mass is 381 g/mol. The van der Waals surface area contributed by atoms with E-state index in [1.807, 2.05) is 6.07 Å². The Bertz CT molecular complexity index is 749. The van der Waals surface area contributed by atoms with Gasteiger partial charge in [-0.15, -0.1) is 11.8 Å². The number of anilines is 1. The number of carbonyl (C=O) groups is 1. The minimum Gasteiger partial charge on any atom is -0.369 e. The minimum atomic E-state index is 0.0181. The molecule has 0 aromatic heterocycles. The van der Waals surface area contributed by atoms with Gasteiger partial charge in [0.05, 0.1) is 5.25 Å². The summed E-state index contributed by atoms with van der Waals surface area (Å²) in [5.41, 5.74) is 2.60. The summed E-state index contributed by atoms with van der Waals surface area (Å²) in [6.45, 7) is 7.09. The van der Waals surface area contributed by atoms with Gasteiger partial charge < -0.3 is 10.2 Å². The summed E-state index contributed by atoms with van der Waals surface area (Å²) < 4.78 is 0. The Morgan fingerprint density at radius 3 is 2.52 bits per heavy atom. The van der Waals surface area contributed by atoms with E-state index in [9.17, 15) is 4.79 Å². The van der Waals surface area contributed by atoms with Gasteiger partial charge in [-0.05, 0) is 37.1 Å². The summed E-state index contributed by atoms with van der Waals surface area (Å²) in [6.07, 6.45) is 0.844. The van der Waals surface area contributed by atoms with Gasteiger partial charge in [0, 0.05) is 49.3 Å². The number of nitrogens with zero attached hydrogens (tertiary/aromatic N) is 2. The predicted octanol–water partition coefficient (Wildman–Crippen LogP) is 3.03. The van der Waals surface area contributed by atoms with E-state index in [1.54, 1.807) is 11.8 Å². The second kappa shape index (κ2) is 8.36. The second-order valence-corrected chi connectivity index (χ2v) is 8.62. The Hall–Kier alpha value is -1.98. The van der Waals surface area contributed by atoms with Crippen molar-refractivity contribution in [3.8, 4) is 0 Å². The number of nitrogens with one attached hydrogen (secondary N) is 1. The number of rotatable bonds is 5. The van der Waals surface area contributed by atoms with Crippen LogP contribution >= 0.6 is 11.8 Å². The zero-order valence-electron chi connectivity index (χ0n) is 15.8. The number of piperazine rings is 1. The lowest BCUT2D eigenvalue weighted by atomic mass is 10.1. The molecule has 0 bridgehead atoms. The SMILES string of the molecule is CC(CNC(=O)C1Cc2ccccc2S1)N1CCN(c2ccccc2)CC1. The Balaban J connectivity index is 1.22. The Morgan fingerprint density at radius 1 is 1.07 bits per heavy atom. The molecule has 0 aliphatic carbocycles. The first-order valence-electron chi connectivity index (χ1n) is 9.77. The predicted molar refractivity (Wildman–Crippen MR) is 112 cm³/mol. The molecule has 1 fully saturated rings. The van der Waals surface area contributed by atoms with Crippen LogP contribution in [0.4, 0.5) is 5.69 Å². The van der Waals surface area contributed by atoms with Gasteiger partial charge in [-0.25, -0.2) is 0 Å². The molecule has 2 aliphatic rings. The zero-order valence-corrected chi connectivity index (χ0v) is 16.6. The Labute approximate surface area is 165 Å². The summed E-state index contributed by atoms with van der Waals surface area (Å²) in [5.74, 6) is 0.172. The quantitative estimate of drug-likeness (QED) is 0.864. The molecule has 1 N–H and O–H groups in total. The third kappa shape index (κ3) is 4.30. The van der Waals surface area contributed by atoms with Crippen molar-refractivity contribution in [2.75, 3.05) is 37.6 Å². The van der Waals surface area contributed by atoms with Gasteiger partial charge in [0.2, 0.25) is 5.91 Å². The van der Waals surface area contributed by atoms with Crippen molar-refractivity contribution in [2.24, 2.45) is 0 Å². The highest BCUT2D eigenvalue weighted by Crippen LogP contribution is 2.36. The van der Waals surface area contributed by atoms with Crippen molar-refractivity contribution >= 4 is 23.4 Å². The molecule has 2 unspecified atom stereocenters. The number of hydrogen-bond donors (Lipinski definition) is 1. The summed E-state index contributed by atoms with van der Waals surface area (Å²) in [4.78, 5) is 18.8. The first-order chi connectivity index (χ1) is 13.2. The lowest BCUT2D eigenvalue weighted by molar-refractivity contribution is -0.120. The first-order valence-corrected chi connectivity index (χ1v) is 10.6. The van der Waals surface area contributed by atoms with Crippen LogP contribution in [0, 0.1) is 0 Å². The third-order valence-electron chi connectivity index (χ3n) is 5.57. The molecule has 1 amide bonds. The van der Waals surface area contributed by atoms with Crippen molar-refractivity contribution in [1.82, 2.24) is 10.2 Å². The van der Waals surface area contributed by atoms with E-state index in [1.165, 1.54) is 16.1 Å². The number of thioether (sulfide) groups is 1. The molecular weight excluding hydrogens is 354 g/mol. The molecule has 0 spiro atoms. The smallest absolute Gasteiger partial charge is 0.233 e. The molecule has 0 saturated carbocycles. The van der Waals surface area contributed by atoms with Gasteiger partial charge in [0.15, 0.2) is 0 Å². The molecule has 2 aliphatic heterocycles. The van der Waals surface area contributed by atoms with Crippen LogP contribution in [-0.4, -0.2) is 54.8 Å². The average Bonchev–Trinajstić information content (AvgIpc) is 3.17. The Kier molecular flexibility index (Phi) is 5.69. The standard InChI is InChI=1S/C22H27N3OS/c1-17(24-11-13-25(14-12-24)19-8-3-2-4-9-19)16-23-22(26)21-15-18-7-5-6-10-20(18)27-21/h2-10,17,21H,11-16H2,1H3,(H,23,26). The second-order valence-electron chi connectivity index (χ2n) is 7.37. The number of amides is 1. The lowest BCUT2D eigenvalue weighted by Crippen LogP contribution is -2.52. The van der Waals surface area contributed by atoms with Gasteiger partial charge in [-0.3, -0.25) is 9.69 Å². The first kappa shape index (κ1) is 18.4. The molecule has 27 heavy (non-hydrogen) atoms. The molecule has 1 saturated heterocycles. The molecule has 2 atom stereocenters. The minimum absolute atomic E-state index is 0.0181. The fourth-order valence-corrected chi connectivity index (χ4v) is 5.10. The maximum atomic E-state index is 12.6. The van der Waals surface area contributed by atoms with Crippen molar-refractivity contribution < 1.29 is 4.79 Å². The van der Waals surface area contributed by atoms with Crippen LogP contribution in [0.15, 0.2) is 59.5 Å². The van der Waals surface area contributed by atoms with Crippen LogP contribution in [-0.2, 0) is 11.2 Å². The van der Waals surface area contributed by atoms with Crippen LogP contribution < -0.4 is 10.2 Å². The number of benzene rings is 2. The molecule has 5 heteroatoms. The maximum absolute atomic E-state index is 12.6. The third-order valence-corrected chi connectivity index (χ3v) is 6.89. The van der Waals surface area contributed by atoms with Crippen molar-refractivity contribution in [2.45, 2.75) is 29.5 Å². The molecule has 4 nitrogen and oxygen atoms in total. The molecular formula is C22H27N3OS. The summed E-state index contributed by atoms with van der Waals surface area (Å²) in [7, 11) is 0. The van der Waals surface area contributed by atoms with Gasteiger partial charge in [-0.2, -0.15) is 0 Å². The van der Waals surface area contributed by atoms with Gasteiger partial charge in [0.1, 0.15) is 0 Å². The van der Waals surface area contributed by atoms with Gasteiger partial charge in [0.25, 0.3) is 0 Å². The van der Waals surface area contributed by atoms with E-state index in [2.05, 4.69) is 70.6 Å². The van der Waals surface area contributed by atoms with Crippen molar-refractivity contribution in [3.05, 3.63) is 60.2 Å². The van der Waals surface area contributed by atoms with E-state index in [4.69, 9.17) is 0 Å². The van der Waals surface area contributed by atoms with Crippen LogP contribution in [0.1, 0.15) is 12.5 Å². The van der Waals surface area contributed by atoms with Crippen molar-refractivity contribution in [3.63, 3.8) is 0 Å². The van der Waals surface area contributed by atoms with Gasteiger partial charge >= 0.3 is 0 Å². The molecule has 2 aromatic rings. The highest BCUT2D eigenvalue weighted by molar-refractivity contribution is 8.01. The Morgan fingerprint density at radius 2 is 1.78 bits per heavy atom. The van der Waals surface area contributed by atoms with Crippen LogP contribution in [0.5, 0.6) is 0 Å². The highest BCUT2D eigenvalue weighted by Gasteiger charge is 2.28. The number of hydrogen-bond acceptors (Lipinski definition) is 4. The highest BCUT2D eigenvalue weighted by atomic mass is 32.2. The largest absolute Gasteiger partial charge is 0.369 e. The summed E-state index contributed by atoms with van der Waals surface area (Å²) in [5, 5.41) is 3.20. The fraction of sp³-hybridized carbons (Fsp3) is 0.409. The number of fused-ring (bicyclic) bond motifs is 1. The van der Waals surface area contributed by atoms with Crippen molar-refractivity contribution in [1.29, 1.82) is 0 Å². The van der Waals surface area contributed by atoms with E-state index in [0.29, 0.717) is 6.04 Å².